The number of thioether (sulfide) groups is 1. The van der Waals surface area contributed by atoms with Gasteiger partial charge in [-0.2, -0.15) is 0 Å². The van der Waals surface area contributed by atoms with Crippen LogP contribution in [-0.2, 0) is 0 Å². The molecule has 0 radical (unpaired) electrons. The van der Waals surface area contributed by atoms with E-state index in [1.54, 1.807) is 18.9 Å². The van der Waals surface area contributed by atoms with E-state index in [4.69, 9.17) is 4.74 Å². The van der Waals surface area contributed by atoms with Crippen molar-refractivity contribution in [3.63, 3.8) is 0 Å². The number of carbonyl (C=O) groups is 1. The minimum absolute atomic E-state index is 0.0351. The van der Waals surface area contributed by atoms with Crippen molar-refractivity contribution in [2.75, 3.05) is 12.9 Å². The molecule has 3 heteroatoms. The van der Waals surface area contributed by atoms with Crippen molar-refractivity contribution in [1.29, 1.82) is 0 Å². The van der Waals surface area contributed by atoms with E-state index in [0.717, 1.165) is 27.5 Å². The van der Waals surface area contributed by atoms with Crippen molar-refractivity contribution in [2.24, 2.45) is 0 Å². The molecule has 2 nitrogen and oxygen atoms in total. The number of Topliss-reactive ketones (excluding diaryl/α,β-unsaturated/α-hetero) is 1. The van der Waals surface area contributed by atoms with E-state index in [-0.39, 0.29) is 11.7 Å². The maximum absolute atomic E-state index is 12.6. The normalized spacial score (nSPS) is 17.9. The fraction of sp³-hybridized carbons (Fsp3) is 0.188. The van der Waals surface area contributed by atoms with Crippen LogP contribution < -0.4 is 4.74 Å². The lowest BCUT2D eigenvalue weighted by atomic mass is 9.91. The summed E-state index contributed by atoms with van der Waals surface area (Å²) in [6.45, 7) is 0. The number of hydrogen-bond acceptors (Lipinski definition) is 3. The number of benzene rings is 2. The number of carbonyl (C=O) groups excluding carboxylic acids is 1. The average Bonchev–Trinajstić information content (AvgIpc) is 2.48. The van der Waals surface area contributed by atoms with E-state index >= 15 is 0 Å². The summed E-state index contributed by atoms with van der Waals surface area (Å²) in [6.07, 6.45) is 0. The largest absolute Gasteiger partial charge is 0.497 e. The van der Waals surface area contributed by atoms with Crippen LogP contribution in [0.1, 0.15) is 21.8 Å². The first-order valence-electron chi connectivity index (χ1n) is 6.19. The van der Waals surface area contributed by atoms with Gasteiger partial charge in [-0.3, -0.25) is 4.79 Å². The van der Waals surface area contributed by atoms with E-state index in [9.17, 15) is 4.79 Å². The molecule has 0 saturated heterocycles. The number of ether oxygens (including phenoxy) is 1. The van der Waals surface area contributed by atoms with E-state index in [2.05, 4.69) is 0 Å². The number of ketones is 1. The van der Waals surface area contributed by atoms with Crippen LogP contribution in [-0.4, -0.2) is 18.6 Å². The monoisotopic (exact) mass is 270 g/mol. The van der Waals surface area contributed by atoms with Crippen molar-refractivity contribution in [2.45, 2.75) is 10.8 Å². The molecule has 1 aliphatic heterocycles. The van der Waals surface area contributed by atoms with Gasteiger partial charge in [-0.05, 0) is 23.8 Å². The topological polar surface area (TPSA) is 26.3 Å². The lowest BCUT2D eigenvalue weighted by Crippen LogP contribution is -2.20. The molecule has 1 heterocycles. The van der Waals surface area contributed by atoms with Gasteiger partial charge in [0, 0.05) is 16.2 Å². The number of hydrogen-bond donors (Lipinski definition) is 0. The first-order valence-corrected chi connectivity index (χ1v) is 7.18. The quantitative estimate of drug-likeness (QED) is 0.831. The van der Waals surface area contributed by atoms with Crippen LogP contribution >= 0.6 is 11.8 Å². The van der Waals surface area contributed by atoms with Gasteiger partial charge in [-0.25, -0.2) is 0 Å². The molecular weight excluding hydrogens is 256 g/mol. The molecule has 0 amide bonds. The van der Waals surface area contributed by atoms with Crippen molar-refractivity contribution in [3.8, 4) is 5.75 Å². The first-order chi connectivity index (χ1) is 9.29. The molecule has 0 saturated carbocycles. The van der Waals surface area contributed by atoms with Crippen LogP contribution in [0, 0.1) is 0 Å². The van der Waals surface area contributed by atoms with Crippen molar-refractivity contribution < 1.29 is 9.53 Å². The summed E-state index contributed by atoms with van der Waals surface area (Å²) in [5, 5.41) is 0. The molecule has 0 unspecified atom stereocenters. The number of methoxy groups -OCH3 is 1. The van der Waals surface area contributed by atoms with Crippen LogP contribution in [0.2, 0.25) is 0 Å². The van der Waals surface area contributed by atoms with Gasteiger partial charge < -0.3 is 4.74 Å². The predicted octanol–water partition coefficient (Wildman–Crippen LogP) is 3.77. The maximum atomic E-state index is 12.6. The van der Waals surface area contributed by atoms with Crippen LogP contribution in [0.15, 0.2) is 53.4 Å². The highest BCUT2D eigenvalue weighted by Crippen LogP contribution is 2.39. The first kappa shape index (κ1) is 12.3. The van der Waals surface area contributed by atoms with E-state index in [1.807, 2.05) is 48.5 Å². The Bertz CT molecular complexity index is 607. The molecule has 19 heavy (non-hydrogen) atoms. The highest BCUT2D eigenvalue weighted by Gasteiger charge is 2.29. The summed E-state index contributed by atoms with van der Waals surface area (Å²) in [5.74, 6) is 1.77. The molecule has 0 aliphatic carbocycles. The minimum Gasteiger partial charge on any atom is -0.497 e. The molecule has 0 N–H and O–H groups in total. The second kappa shape index (κ2) is 5.10. The predicted molar refractivity (Wildman–Crippen MR) is 77.2 cm³/mol. The van der Waals surface area contributed by atoms with E-state index in [1.165, 1.54) is 0 Å². The second-order valence-electron chi connectivity index (χ2n) is 4.50. The maximum Gasteiger partial charge on any atom is 0.172 e. The summed E-state index contributed by atoms with van der Waals surface area (Å²) in [4.78, 5) is 13.6. The third kappa shape index (κ3) is 2.26. The fourth-order valence-electron chi connectivity index (χ4n) is 2.32. The Labute approximate surface area is 116 Å². The number of rotatable bonds is 2. The zero-order valence-corrected chi connectivity index (χ0v) is 11.4. The Kier molecular flexibility index (Phi) is 3.30. The molecule has 0 fully saturated rings. The molecular formula is C16H14O2S. The Hall–Kier alpha value is -1.74. The van der Waals surface area contributed by atoms with E-state index in [0.29, 0.717) is 0 Å². The van der Waals surface area contributed by atoms with Crippen LogP contribution in [0.4, 0.5) is 0 Å². The summed E-state index contributed by atoms with van der Waals surface area (Å²) in [7, 11) is 1.64. The Balaban J connectivity index is 1.97. The van der Waals surface area contributed by atoms with Gasteiger partial charge in [0.15, 0.2) is 5.78 Å². The van der Waals surface area contributed by atoms with Crippen LogP contribution in [0.3, 0.4) is 0 Å². The standard InChI is InChI=1S/C16H14O2S/c1-18-12-7-8-13-15(9-12)19-10-14(16(13)17)11-5-3-2-4-6-11/h2-9,14H,10H2,1H3/t14-/m1/s1. The molecule has 2 aromatic rings. The lowest BCUT2D eigenvalue weighted by molar-refractivity contribution is 0.0962. The molecule has 3 rings (SSSR count). The van der Waals surface area contributed by atoms with E-state index < -0.39 is 0 Å². The lowest BCUT2D eigenvalue weighted by Gasteiger charge is -2.23. The third-order valence-electron chi connectivity index (χ3n) is 3.38. The molecule has 2 aromatic carbocycles. The Morgan fingerprint density at radius 1 is 1.16 bits per heavy atom. The summed E-state index contributed by atoms with van der Waals surface area (Å²) in [5.41, 5.74) is 1.91. The van der Waals surface area contributed by atoms with Gasteiger partial charge in [-0.1, -0.05) is 30.3 Å². The molecule has 1 atom stereocenters. The summed E-state index contributed by atoms with van der Waals surface area (Å²) < 4.78 is 5.20. The van der Waals surface area contributed by atoms with Gasteiger partial charge in [-0.15, -0.1) is 11.8 Å². The third-order valence-corrected chi connectivity index (χ3v) is 4.53. The molecule has 96 valence electrons. The van der Waals surface area contributed by atoms with Crippen molar-refractivity contribution >= 4 is 17.5 Å². The van der Waals surface area contributed by atoms with Crippen molar-refractivity contribution in [1.82, 2.24) is 0 Å². The molecule has 0 aromatic heterocycles. The second-order valence-corrected chi connectivity index (χ2v) is 5.56. The smallest absolute Gasteiger partial charge is 0.172 e. The Morgan fingerprint density at radius 2 is 1.95 bits per heavy atom. The Morgan fingerprint density at radius 3 is 2.68 bits per heavy atom. The van der Waals surface area contributed by atoms with Gasteiger partial charge in [0.05, 0.1) is 13.0 Å². The molecule has 1 aliphatic rings. The highest BCUT2D eigenvalue weighted by molar-refractivity contribution is 7.99. The van der Waals surface area contributed by atoms with Gasteiger partial charge in [0.2, 0.25) is 0 Å². The van der Waals surface area contributed by atoms with Crippen LogP contribution in [0.5, 0.6) is 5.75 Å². The van der Waals surface area contributed by atoms with Crippen molar-refractivity contribution in [3.05, 3.63) is 59.7 Å². The SMILES string of the molecule is COc1ccc2c(c1)SC[C@H](c1ccccc1)C2=O. The summed E-state index contributed by atoms with van der Waals surface area (Å²) in [6, 6.07) is 15.7. The van der Waals surface area contributed by atoms with Gasteiger partial charge >= 0.3 is 0 Å². The van der Waals surface area contributed by atoms with Gasteiger partial charge in [0.1, 0.15) is 5.75 Å². The zero-order valence-electron chi connectivity index (χ0n) is 10.6. The summed E-state index contributed by atoms with van der Waals surface area (Å²) >= 11 is 1.72. The molecule has 0 bridgehead atoms. The zero-order chi connectivity index (χ0) is 13.2. The van der Waals surface area contributed by atoms with Crippen LogP contribution in [0.25, 0.3) is 0 Å². The van der Waals surface area contributed by atoms with Gasteiger partial charge in [0.25, 0.3) is 0 Å². The molecule has 0 spiro atoms. The minimum atomic E-state index is -0.0351. The number of fused-ring (bicyclic) bond motifs is 1. The fourth-order valence-corrected chi connectivity index (χ4v) is 3.54. The highest BCUT2D eigenvalue weighted by atomic mass is 32.2. The average molecular weight is 270 g/mol.